The molecule has 0 spiro atoms. The zero-order chi connectivity index (χ0) is 14.4. The number of halogens is 1. The normalized spacial score (nSPS) is 10.8. The molecule has 0 saturated carbocycles. The van der Waals surface area contributed by atoms with Crippen LogP contribution in [0, 0.1) is 5.82 Å². The molecule has 0 bridgehead atoms. The average Bonchev–Trinajstić information content (AvgIpc) is 2.46. The van der Waals surface area contributed by atoms with Crippen molar-refractivity contribution < 1.29 is 14.3 Å². The van der Waals surface area contributed by atoms with E-state index in [1.54, 1.807) is 30.7 Å². The van der Waals surface area contributed by atoms with Crippen LogP contribution in [0.4, 0.5) is 4.39 Å². The molecule has 0 aliphatic rings. The van der Waals surface area contributed by atoms with Gasteiger partial charge >= 0.3 is 5.97 Å². The summed E-state index contributed by atoms with van der Waals surface area (Å²) < 4.78 is 13.5. The molecule has 0 radical (unpaired) electrons. The molecule has 0 amide bonds. The van der Waals surface area contributed by atoms with Crippen LogP contribution < -0.4 is 0 Å². The molecule has 20 heavy (non-hydrogen) atoms. The fourth-order valence-electron chi connectivity index (χ4n) is 1.49. The molecule has 1 aromatic heterocycles. The summed E-state index contributed by atoms with van der Waals surface area (Å²) in [6.07, 6.45) is 7.01. The summed E-state index contributed by atoms with van der Waals surface area (Å²) in [7, 11) is 0. The molecule has 0 atom stereocenters. The lowest BCUT2D eigenvalue weighted by Crippen LogP contribution is -1.90. The van der Waals surface area contributed by atoms with Crippen molar-refractivity contribution in [1.29, 1.82) is 0 Å². The molecule has 2 aromatic rings. The van der Waals surface area contributed by atoms with E-state index >= 15 is 0 Å². The quantitative estimate of drug-likeness (QED) is 0.677. The number of carboxylic acids is 1. The molecule has 0 aliphatic carbocycles. The lowest BCUT2D eigenvalue weighted by atomic mass is 10.1. The maximum absolute atomic E-state index is 13.5. The fourth-order valence-corrected chi connectivity index (χ4v) is 2.25. The van der Waals surface area contributed by atoms with Gasteiger partial charge in [0.25, 0.3) is 0 Å². The second-order valence-corrected chi connectivity index (χ2v) is 4.86. The van der Waals surface area contributed by atoms with Crippen LogP contribution in [0.2, 0.25) is 0 Å². The minimum Gasteiger partial charge on any atom is -0.478 e. The van der Waals surface area contributed by atoms with Gasteiger partial charge in [0.15, 0.2) is 0 Å². The topological polar surface area (TPSA) is 63.1 Å². The van der Waals surface area contributed by atoms with Crippen LogP contribution in [0.3, 0.4) is 0 Å². The molecule has 0 fully saturated rings. The maximum atomic E-state index is 13.5. The Morgan fingerprint density at radius 1 is 1.40 bits per heavy atom. The first-order valence-corrected chi connectivity index (χ1v) is 6.72. The van der Waals surface area contributed by atoms with Crippen LogP contribution in [0.1, 0.15) is 11.1 Å². The molecular weight excluding hydrogens is 279 g/mol. The van der Waals surface area contributed by atoms with E-state index in [1.165, 1.54) is 23.9 Å². The lowest BCUT2D eigenvalue weighted by Gasteiger charge is -2.03. The highest BCUT2D eigenvalue weighted by Crippen LogP contribution is 2.21. The molecule has 1 N–H and O–H groups in total. The Morgan fingerprint density at radius 2 is 2.25 bits per heavy atom. The van der Waals surface area contributed by atoms with E-state index in [9.17, 15) is 9.18 Å². The Kier molecular flexibility index (Phi) is 4.84. The third-order valence-corrected chi connectivity index (χ3v) is 3.38. The predicted octanol–water partition coefficient (Wildman–Crippen LogP) is 3.01. The predicted molar refractivity (Wildman–Crippen MR) is 74.7 cm³/mol. The van der Waals surface area contributed by atoms with Gasteiger partial charge in [0.05, 0.1) is 6.20 Å². The minimum absolute atomic E-state index is 0.254. The number of hydrogen-bond acceptors (Lipinski definition) is 4. The van der Waals surface area contributed by atoms with Gasteiger partial charge in [0.2, 0.25) is 0 Å². The van der Waals surface area contributed by atoms with Crippen molar-refractivity contribution in [3.63, 3.8) is 0 Å². The van der Waals surface area contributed by atoms with E-state index in [0.29, 0.717) is 5.75 Å². The zero-order valence-corrected chi connectivity index (χ0v) is 11.2. The third kappa shape index (κ3) is 4.17. The molecule has 0 aliphatic heterocycles. The van der Waals surface area contributed by atoms with Gasteiger partial charge in [0, 0.05) is 29.8 Å². The van der Waals surface area contributed by atoms with Crippen molar-refractivity contribution >= 4 is 23.8 Å². The van der Waals surface area contributed by atoms with Crippen molar-refractivity contribution in [2.45, 2.75) is 10.8 Å². The van der Waals surface area contributed by atoms with Gasteiger partial charge in [-0.15, -0.1) is 11.8 Å². The van der Waals surface area contributed by atoms with Gasteiger partial charge in [-0.1, -0.05) is 6.07 Å². The number of carboxylic acid groups (broad SMARTS) is 1. The van der Waals surface area contributed by atoms with Crippen LogP contribution in [0.15, 0.2) is 47.9 Å². The molecule has 102 valence electrons. The number of hydrogen-bond donors (Lipinski definition) is 1. The Labute approximate surface area is 119 Å². The molecule has 1 heterocycles. The molecule has 0 unspecified atom stereocenters. The fraction of sp³-hybridized carbons (Fsp3) is 0.0714. The van der Waals surface area contributed by atoms with Crippen LogP contribution in [0.5, 0.6) is 0 Å². The highest BCUT2D eigenvalue weighted by atomic mass is 32.2. The summed E-state index contributed by atoms with van der Waals surface area (Å²) in [6.45, 7) is 0. The van der Waals surface area contributed by atoms with E-state index in [1.807, 2.05) is 0 Å². The SMILES string of the molecule is O=C(O)C=Cc1cc(CSc2cnccn2)ccc1F. The van der Waals surface area contributed by atoms with E-state index < -0.39 is 11.8 Å². The number of benzene rings is 1. The summed E-state index contributed by atoms with van der Waals surface area (Å²) in [6, 6.07) is 4.61. The lowest BCUT2D eigenvalue weighted by molar-refractivity contribution is -0.131. The van der Waals surface area contributed by atoms with Crippen molar-refractivity contribution in [2.24, 2.45) is 0 Å². The van der Waals surface area contributed by atoms with Crippen LogP contribution >= 0.6 is 11.8 Å². The molecule has 0 saturated heterocycles. The summed E-state index contributed by atoms with van der Waals surface area (Å²) in [5.41, 5.74) is 1.14. The van der Waals surface area contributed by atoms with Gasteiger partial charge in [0.1, 0.15) is 10.8 Å². The summed E-state index contributed by atoms with van der Waals surface area (Å²) in [5.74, 6) is -0.952. The zero-order valence-electron chi connectivity index (χ0n) is 10.4. The van der Waals surface area contributed by atoms with Gasteiger partial charge in [-0.05, 0) is 23.8 Å². The van der Waals surface area contributed by atoms with Gasteiger partial charge in [-0.2, -0.15) is 0 Å². The van der Waals surface area contributed by atoms with E-state index in [0.717, 1.165) is 16.7 Å². The molecular formula is C14H11FN2O2S. The number of carbonyl (C=O) groups is 1. The number of nitrogens with zero attached hydrogens (tertiary/aromatic N) is 2. The molecule has 4 nitrogen and oxygen atoms in total. The van der Waals surface area contributed by atoms with Gasteiger partial charge < -0.3 is 5.11 Å². The van der Waals surface area contributed by atoms with Crippen molar-refractivity contribution in [3.8, 4) is 0 Å². The second-order valence-electron chi connectivity index (χ2n) is 3.86. The van der Waals surface area contributed by atoms with Crippen molar-refractivity contribution in [2.75, 3.05) is 0 Å². The standard InChI is InChI=1S/C14H11FN2O2S/c15-12-3-1-10(7-11(12)2-4-14(18)19)9-20-13-8-16-5-6-17-13/h1-8H,9H2,(H,18,19). The number of aliphatic carboxylic acids is 1. The van der Waals surface area contributed by atoms with Crippen molar-refractivity contribution in [3.05, 3.63) is 59.8 Å². The van der Waals surface area contributed by atoms with E-state index in [2.05, 4.69) is 9.97 Å². The number of aromatic nitrogens is 2. The van der Waals surface area contributed by atoms with E-state index in [4.69, 9.17) is 5.11 Å². The third-order valence-electron chi connectivity index (χ3n) is 2.39. The number of rotatable bonds is 5. The highest BCUT2D eigenvalue weighted by molar-refractivity contribution is 7.98. The first kappa shape index (κ1) is 14.2. The van der Waals surface area contributed by atoms with E-state index in [-0.39, 0.29) is 5.56 Å². The Morgan fingerprint density at radius 3 is 2.95 bits per heavy atom. The van der Waals surface area contributed by atoms with Gasteiger partial charge in [-0.25, -0.2) is 14.2 Å². The minimum atomic E-state index is -1.11. The second kappa shape index (κ2) is 6.81. The van der Waals surface area contributed by atoms with Crippen LogP contribution in [0.25, 0.3) is 6.08 Å². The van der Waals surface area contributed by atoms with Crippen LogP contribution in [-0.2, 0) is 10.5 Å². The Bertz CT molecular complexity index is 632. The number of thioether (sulfide) groups is 1. The highest BCUT2D eigenvalue weighted by Gasteiger charge is 2.03. The van der Waals surface area contributed by atoms with Gasteiger partial charge in [-0.3, -0.25) is 4.98 Å². The Hall–Kier alpha value is -2.21. The average molecular weight is 290 g/mol. The summed E-state index contributed by atoms with van der Waals surface area (Å²) >= 11 is 1.48. The first-order valence-electron chi connectivity index (χ1n) is 5.73. The summed E-state index contributed by atoms with van der Waals surface area (Å²) in [5, 5.41) is 9.34. The Balaban J connectivity index is 2.09. The largest absolute Gasteiger partial charge is 0.478 e. The molecule has 6 heteroatoms. The molecule has 1 aromatic carbocycles. The smallest absolute Gasteiger partial charge is 0.328 e. The maximum Gasteiger partial charge on any atom is 0.328 e. The first-order chi connectivity index (χ1) is 9.65. The van der Waals surface area contributed by atoms with Crippen LogP contribution in [-0.4, -0.2) is 21.0 Å². The monoisotopic (exact) mass is 290 g/mol. The molecule has 2 rings (SSSR count). The summed E-state index contributed by atoms with van der Waals surface area (Å²) in [4.78, 5) is 18.5. The van der Waals surface area contributed by atoms with Crippen molar-refractivity contribution in [1.82, 2.24) is 9.97 Å².